The molecule has 5 heteroatoms. The van der Waals surface area contributed by atoms with Crippen molar-refractivity contribution < 1.29 is 19.1 Å². The van der Waals surface area contributed by atoms with Crippen molar-refractivity contribution in [2.45, 2.75) is 26.9 Å². The maximum atomic E-state index is 11.4. The summed E-state index contributed by atoms with van der Waals surface area (Å²) in [5.41, 5.74) is 1.08. The zero-order valence-electron chi connectivity index (χ0n) is 10.4. The maximum Gasteiger partial charge on any atom is 0.357 e. The third-order valence-electron chi connectivity index (χ3n) is 2.20. The molecular formula is C12H17NO4. The van der Waals surface area contributed by atoms with Gasteiger partial charge in [-0.3, -0.25) is 0 Å². The third-order valence-corrected chi connectivity index (χ3v) is 2.20. The smallest absolute Gasteiger partial charge is 0.357 e. The average molecular weight is 239 g/mol. The predicted molar refractivity (Wildman–Crippen MR) is 63.1 cm³/mol. The summed E-state index contributed by atoms with van der Waals surface area (Å²) < 4.78 is 10.7. The van der Waals surface area contributed by atoms with Crippen LogP contribution in [0.3, 0.4) is 0 Å². The van der Waals surface area contributed by atoms with Crippen molar-refractivity contribution in [1.29, 1.82) is 0 Å². The van der Waals surface area contributed by atoms with Crippen molar-refractivity contribution in [3.05, 3.63) is 23.3 Å². The van der Waals surface area contributed by atoms with E-state index in [0.29, 0.717) is 17.1 Å². The van der Waals surface area contributed by atoms with E-state index in [2.05, 4.69) is 4.84 Å². The zero-order valence-corrected chi connectivity index (χ0v) is 10.4. The van der Waals surface area contributed by atoms with Gasteiger partial charge in [0.2, 0.25) is 0 Å². The standard InChI is InChI=1S/C12H17NO4/c1-7(2)16-11-5-8(3)9(12(14)17-13)6-10(11)15-4/h5-7H,13H2,1-4H3. The van der Waals surface area contributed by atoms with Crippen molar-refractivity contribution >= 4 is 5.97 Å². The molecule has 0 heterocycles. The number of benzene rings is 1. The first-order valence-electron chi connectivity index (χ1n) is 5.26. The van der Waals surface area contributed by atoms with Gasteiger partial charge in [-0.2, -0.15) is 5.90 Å². The quantitative estimate of drug-likeness (QED) is 0.811. The molecule has 0 unspecified atom stereocenters. The minimum absolute atomic E-state index is 0.0237. The monoisotopic (exact) mass is 239 g/mol. The Hall–Kier alpha value is -1.75. The molecule has 0 aliphatic heterocycles. The number of hydrogen-bond acceptors (Lipinski definition) is 5. The highest BCUT2D eigenvalue weighted by Crippen LogP contribution is 2.31. The number of carbonyl (C=O) groups is 1. The van der Waals surface area contributed by atoms with Crippen molar-refractivity contribution in [2.24, 2.45) is 5.90 Å². The van der Waals surface area contributed by atoms with Gasteiger partial charge in [0, 0.05) is 0 Å². The van der Waals surface area contributed by atoms with Crippen LogP contribution in [0.1, 0.15) is 29.8 Å². The van der Waals surface area contributed by atoms with Gasteiger partial charge >= 0.3 is 5.97 Å². The molecule has 0 spiro atoms. The van der Waals surface area contributed by atoms with E-state index >= 15 is 0 Å². The first kappa shape index (κ1) is 13.3. The average Bonchev–Trinajstić information content (AvgIpc) is 2.27. The number of aryl methyl sites for hydroxylation is 1. The minimum atomic E-state index is -0.600. The highest BCUT2D eigenvalue weighted by molar-refractivity contribution is 5.91. The Labute approximate surface area is 100 Å². The van der Waals surface area contributed by atoms with Gasteiger partial charge in [-0.25, -0.2) is 4.79 Å². The van der Waals surface area contributed by atoms with Gasteiger partial charge in [0.25, 0.3) is 0 Å². The molecule has 0 saturated heterocycles. The fourth-order valence-corrected chi connectivity index (χ4v) is 1.45. The lowest BCUT2D eigenvalue weighted by Crippen LogP contribution is -2.13. The molecule has 0 radical (unpaired) electrons. The second-order valence-corrected chi connectivity index (χ2v) is 3.89. The Bertz CT molecular complexity index is 415. The molecule has 0 atom stereocenters. The molecule has 1 aromatic carbocycles. The van der Waals surface area contributed by atoms with E-state index in [1.54, 1.807) is 19.1 Å². The summed E-state index contributed by atoms with van der Waals surface area (Å²) in [6.45, 7) is 5.60. The van der Waals surface area contributed by atoms with Crippen LogP contribution in [0, 0.1) is 6.92 Å². The first-order chi connectivity index (χ1) is 7.99. The van der Waals surface area contributed by atoms with Crippen molar-refractivity contribution in [1.82, 2.24) is 0 Å². The van der Waals surface area contributed by atoms with E-state index in [9.17, 15) is 4.79 Å². The SMILES string of the molecule is COc1cc(C(=O)ON)c(C)cc1OC(C)C. The summed E-state index contributed by atoms with van der Waals surface area (Å²) in [5, 5.41) is 0. The molecule has 1 rings (SSSR count). The van der Waals surface area contributed by atoms with Crippen LogP contribution in [0.15, 0.2) is 12.1 Å². The molecule has 1 aromatic rings. The van der Waals surface area contributed by atoms with Crippen LogP contribution in [0.5, 0.6) is 11.5 Å². The van der Waals surface area contributed by atoms with Crippen LogP contribution in [0.4, 0.5) is 0 Å². The molecule has 0 aliphatic rings. The Kier molecular flexibility index (Phi) is 4.34. The van der Waals surface area contributed by atoms with Gasteiger partial charge in [-0.05, 0) is 38.5 Å². The first-order valence-corrected chi connectivity index (χ1v) is 5.26. The highest BCUT2D eigenvalue weighted by atomic mass is 16.7. The number of carbonyl (C=O) groups excluding carboxylic acids is 1. The Balaban J connectivity index is 3.19. The van der Waals surface area contributed by atoms with Crippen molar-refractivity contribution in [3.8, 4) is 11.5 Å². The summed E-state index contributed by atoms with van der Waals surface area (Å²) in [5.74, 6) is 5.33. The third kappa shape index (κ3) is 3.10. The molecule has 0 saturated carbocycles. The maximum absolute atomic E-state index is 11.4. The minimum Gasteiger partial charge on any atom is -0.493 e. The summed E-state index contributed by atoms with van der Waals surface area (Å²) in [6.07, 6.45) is 0.0237. The van der Waals surface area contributed by atoms with E-state index < -0.39 is 5.97 Å². The Morgan fingerprint density at radius 2 is 1.94 bits per heavy atom. The molecule has 2 N–H and O–H groups in total. The topological polar surface area (TPSA) is 70.8 Å². The van der Waals surface area contributed by atoms with E-state index in [1.165, 1.54) is 7.11 Å². The molecule has 0 amide bonds. The van der Waals surface area contributed by atoms with Crippen LogP contribution in [0.25, 0.3) is 0 Å². The summed E-state index contributed by atoms with van der Waals surface area (Å²) in [6, 6.07) is 3.29. The van der Waals surface area contributed by atoms with Crippen LogP contribution in [-0.4, -0.2) is 19.2 Å². The lowest BCUT2D eigenvalue weighted by atomic mass is 10.1. The van der Waals surface area contributed by atoms with Gasteiger partial charge in [-0.1, -0.05) is 0 Å². The van der Waals surface area contributed by atoms with Gasteiger partial charge in [0.05, 0.1) is 18.8 Å². The number of nitrogens with two attached hydrogens (primary N) is 1. The van der Waals surface area contributed by atoms with E-state index in [1.807, 2.05) is 13.8 Å². The van der Waals surface area contributed by atoms with E-state index in [4.69, 9.17) is 15.4 Å². The lowest BCUT2D eigenvalue weighted by Gasteiger charge is -2.15. The van der Waals surface area contributed by atoms with Crippen molar-refractivity contribution in [3.63, 3.8) is 0 Å². The summed E-state index contributed by atoms with van der Waals surface area (Å²) in [4.78, 5) is 15.6. The van der Waals surface area contributed by atoms with Crippen LogP contribution < -0.4 is 15.4 Å². The zero-order chi connectivity index (χ0) is 13.0. The fraction of sp³-hybridized carbons (Fsp3) is 0.417. The summed E-state index contributed by atoms with van der Waals surface area (Å²) >= 11 is 0. The Morgan fingerprint density at radius 3 is 2.41 bits per heavy atom. The molecule has 94 valence electrons. The van der Waals surface area contributed by atoms with E-state index in [0.717, 1.165) is 5.56 Å². The lowest BCUT2D eigenvalue weighted by molar-refractivity contribution is 0.0502. The molecule has 0 fully saturated rings. The number of hydrogen-bond donors (Lipinski definition) is 1. The molecule has 17 heavy (non-hydrogen) atoms. The highest BCUT2D eigenvalue weighted by Gasteiger charge is 2.16. The van der Waals surface area contributed by atoms with Crippen LogP contribution in [0.2, 0.25) is 0 Å². The number of methoxy groups -OCH3 is 1. The normalized spacial score (nSPS) is 10.2. The second-order valence-electron chi connectivity index (χ2n) is 3.89. The number of ether oxygens (including phenoxy) is 2. The van der Waals surface area contributed by atoms with Gasteiger partial charge in [-0.15, -0.1) is 0 Å². The Morgan fingerprint density at radius 1 is 1.29 bits per heavy atom. The summed E-state index contributed by atoms with van der Waals surface area (Å²) in [7, 11) is 1.51. The van der Waals surface area contributed by atoms with Gasteiger partial charge in [0.1, 0.15) is 0 Å². The molecule has 0 aliphatic carbocycles. The van der Waals surface area contributed by atoms with Gasteiger partial charge < -0.3 is 14.3 Å². The molecule has 5 nitrogen and oxygen atoms in total. The largest absolute Gasteiger partial charge is 0.493 e. The second kappa shape index (κ2) is 5.54. The van der Waals surface area contributed by atoms with Crippen LogP contribution in [-0.2, 0) is 4.84 Å². The molecular weight excluding hydrogens is 222 g/mol. The fourth-order valence-electron chi connectivity index (χ4n) is 1.45. The van der Waals surface area contributed by atoms with E-state index in [-0.39, 0.29) is 6.10 Å². The predicted octanol–water partition coefficient (Wildman–Crippen LogP) is 1.82. The molecule has 0 bridgehead atoms. The van der Waals surface area contributed by atoms with Gasteiger partial charge in [0.15, 0.2) is 11.5 Å². The number of rotatable bonds is 4. The van der Waals surface area contributed by atoms with Crippen LogP contribution >= 0.6 is 0 Å². The van der Waals surface area contributed by atoms with Crippen molar-refractivity contribution in [2.75, 3.05) is 7.11 Å². The molecule has 0 aromatic heterocycles.